The van der Waals surface area contributed by atoms with Crippen LogP contribution < -0.4 is 10.2 Å². The van der Waals surface area contributed by atoms with Gasteiger partial charge in [-0.05, 0) is 24.1 Å². The molecule has 6 heteroatoms. The van der Waals surface area contributed by atoms with Gasteiger partial charge < -0.3 is 15.3 Å². The van der Waals surface area contributed by atoms with Crippen molar-refractivity contribution in [2.24, 2.45) is 5.92 Å². The molecule has 0 aromatic heterocycles. The molecule has 1 aliphatic rings. The van der Waals surface area contributed by atoms with Gasteiger partial charge in [0.25, 0.3) is 0 Å². The van der Waals surface area contributed by atoms with E-state index in [1.54, 1.807) is 11.8 Å². The van der Waals surface area contributed by atoms with Gasteiger partial charge in [-0.2, -0.15) is 0 Å². The Morgan fingerprint density at radius 3 is 2.55 bits per heavy atom. The van der Waals surface area contributed by atoms with E-state index in [0.29, 0.717) is 6.42 Å². The third-order valence-corrected chi connectivity index (χ3v) is 3.71. The summed E-state index contributed by atoms with van der Waals surface area (Å²) in [5.74, 6) is -1.61. The van der Waals surface area contributed by atoms with Crippen LogP contribution in [0.2, 0.25) is 0 Å². The zero-order valence-electron chi connectivity index (χ0n) is 12.5. The van der Waals surface area contributed by atoms with Crippen LogP contribution in [0, 0.1) is 5.92 Å². The highest BCUT2D eigenvalue weighted by molar-refractivity contribution is 5.95. The molecule has 2 rings (SSSR count). The van der Waals surface area contributed by atoms with E-state index in [4.69, 9.17) is 5.11 Å². The van der Waals surface area contributed by atoms with Crippen LogP contribution >= 0.6 is 0 Å². The summed E-state index contributed by atoms with van der Waals surface area (Å²) in [6.07, 6.45) is 1.66. The molecule has 0 aliphatic carbocycles. The Kier molecular flexibility index (Phi) is 5.14. The van der Waals surface area contributed by atoms with Crippen molar-refractivity contribution in [3.8, 4) is 0 Å². The average molecular weight is 304 g/mol. The van der Waals surface area contributed by atoms with E-state index in [2.05, 4.69) is 5.32 Å². The predicted octanol–water partition coefficient (Wildman–Crippen LogP) is 1.19. The summed E-state index contributed by atoms with van der Waals surface area (Å²) < 4.78 is 0. The first kappa shape index (κ1) is 16.0. The van der Waals surface area contributed by atoms with Gasteiger partial charge in [-0.25, -0.2) is 0 Å². The number of carboxylic acids is 1. The smallest absolute Gasteiger partial charge is 0.308 e. The Bertz CT molecular complexity index is 568. The number of carbonyl (C=O) groups is 3. The Morgan fingerprint density at radius 1 is 1.32 bits per heavy atom. The number of carboxylic acid groups (broad SMARTS) is 1. The molecule has 1 unspecified atom stereocenters. The number of carbonyl (C=O) groups excluding carboxylic acids is 2. The molecule has 0 bridgehead atoms. The first-order chi connectivity index (χ1) is 10.5. The van der Waals surface area contributed by atoms with E-state index in [1.807, 2.05) is 24.3 Å². The molecule has 0 radical (unpaired) electrons. The molecular formula is C16H20N2O4. The number of hydrogen-bond acceptors (Lipinski definition) is 3. The molecule has 1 fully saturated rings. The second-order valence-electron chi connectivity index (χ2n) is 5.54. The molecule has 1 heterocycles. The van der Waals surface area contributed by atoms with Gasteiger partial charge in [0, 0.05) is 25.2 Å². The zero-order valence-corrected chi connectivity index (χ0v) is 12.5. The van der Waals surface area contributed by atoms with E-state index in [9.17, 15) is 14.4 Å². The second kappa shape index (κ2) is 7.06. The Balaban J connectivity index is 1.87. The van der Waals surface area contributed by atoms with Crippen molar-refractivity contribution in [1.82, 2.24) is 5.32 Å². The minimum Gasteiger partial charge on any atom is -0.481 e. The maximum atomic E-state index is 11.8. The lowest BCUT2D eigenvalue weighted by atomic mass is 10.1. The van der Waals surface area contributed by atoms with Gasteiger partial charge in [0.05, 0.1) is 12.3 Å². The van der Waals surface area contributed by atoms with Gasteiger partial charge in [-0.3, -0.25) is 14.4 Å². The Labute approximate surface area is 129 Å². The summed E-state index contributed by atoms with van der Waals surface area (Å²) in [4.78, 5) is 35.8. The molecule has 2 N–H and O–H groups in total. The molecule has 2 amide bonds. The maximum Gasteiger partial charge on any atom is 0.308 e. The highest BCUT2D eigenvalue weighted by Gasteiger charge is 2.21. The summed E-state index contributed by atoms with van der Waals surface area (Å²) in [7, 11) is 0. The molecule has 6 nitrogen and oxygen atoms in total. The zero-order chi connectivity index (χ0) is 16.1. The lowest BCUT2D eigenvalue weighted by molar-refractivity contribution is -0.141. The van der Waals surface area contributed by atoms with Crippen molar-refractivity contribution in [2.75, 3.05) is 18.0 Å². The fourth-order valence-electron chi connectivity index (χ4n) is 2.32. The number of nitrogens with one attached hydrogen (secondary N) is 1. The third-order valence-electron chi connectivity index (χ3n) is 3.71. The van der Waals surface area contributed by atoms with Gasteiger partial charge in [-0.1, -0.05) is 19.1 Å². The van der Waals surface area contributed by atoms with Crippen LogP contribution in [0.3, 0.4) is 0 Å². The van der Waals surface area contributed by atoms with Gasteiger partial charge in [0.2, 0.25) is 11.8 Å². The Morgan fingerprint density at radius 2 is 2.00 bits per heavy atom. The first-order valence-corrected chi connectivity index (χ1v) is 7.36. The summed E-state index contributed by atoms with van der Waals surface area (Å²) in [6.45, 7) is 2.41. The van der Waals surface area contributed by atoms with Crippen LogP contribution in [-0.4, -0.2) is 36.0 Å². The SMILES string of the molecule is CC(CNC(=O)Cc1ccc(N2CCCC2=O)cc1)C(=O)O. The molecule has 1 aliphatic heterocycles. The van der Waals surface area contributed by atoms with Crippen LogP contribution in [0.15, 0.2) is 24.3 Å². The van der Waals surface area contributed by atoms with Crippen LogP contribution in [0.25, 0.3) is 0 Å². The van der Waals surface area contributed by atoms with Crippen molar-refractivity contribution in [3.63, 3.8) is 0 Å². The lowest BCUT2D eigenvalue weighted by Gasteiger charge is -2.16. The van der Waals surface area contributed by atoms with Gasteiger partial charge in [0.1, 0.15) is 0 Å². The molecule has 22 heavy (non-hydrogen) atoms. The van der Waals surface area contributed by atoms with E-state index in [0.717, 1.165) is 24.2 Å². The minimum atomic E-state index is -0.931. The van der Waals surface area contributed by atoms with Crippen LogP contribution in [0.4, 0.5) is 5.69 Å². The molecule has 0 spiro atoms. The summed E-state index contributed by atoms with van der Waals surface area (Å²) in [6, 6.07) is 7.32. The van der Waals surface area contributed by atoms with Crippen LogP contribution in [-0.2, 0) is 20.8 Å². The van der Waals surface area contributed by atoms with Crippen molar-refractivity contribution in [3.05, 3.63) is 29.8 Å². The monoisotopic (exact) mass is 304 g/mol. The fraction of sp³-hybridized carbons (Fsp3) is 0.438. The van der Waals surface area contributed by atoms with E-state index in [1.165, 1.54) is 0 Å². The maximum absolute atomic E-state index is 11.8. The summed E-state index contributed by atoms with van der Waals surface area (Å²) in [5, 5.41) is 11.4. The van der Waals surface area contributed by atoms with Gasteiger partial charge in [-0.15, -0.1) is 0 Å². The normalized spacial score (nSPS) is 15.7. The molecule has 1 aromatic rings. The van der Waals surface area contributed by atoms with Gasteiger partial charge >= 0.3 is 5.97 Å². The molecule has 0 saturated carbocycles. The minimum absolute atomic E-state index is 0.120. The van der Waals surface area contributed by atoms with Crippen LogP contribution in [0.1, 0.15) is 25.3 Å². The van der Waals surface area contributed by atoms with E-state index in [-0.39, 0.29) is 24.8 Å². The van der Waals surface area contributed by atoms with Crippen molar-refractivity contribution in [1.29, 1.82) is 0 Å². The number of hydrogen-bond donors (Lipinski definition) is 2. The van der Waals surface area contributed by atoms with Gasteiger partial charge in [0.15, 0.2) is 0 Å². The number of rotatable bonds is 6. The number of aliphatic carboxylic acids is 1. The number of anilines is 1. The van der Waals surface area contributed by atoms with E-state index < -0.39 is 11.9 Å². The van der Waals surface area contributed by atoms with Crippen molar-refractivity contribution >= 4 is 23.5 Å². The second-order valence-corrected chi connectivity index (χ2v) is 5.54. The van der Waals surface area contributed by atoms with E-state index >= 15 is 0 Å². The topological polar surface area (TPSA) is 86.7 Å². The number of amides is 2. The lowest BCUT2D eigenvalue weighted by Crippen LogP contribution is -2.32. The highest BCUT2D eigenvalue weighted by Crippen LogP contribution is 2.21. The quantitative estimate of drug-likeness (QED) is 0.826. The highest BCUT2D eigenvalue weighted by atomic mass is 16.4. The van der Waals surface area contributed by atoms with Crippen molar-refractivity contribution < 1.29 is 19.5 Å². The molecule has 1 atom stereocenters. The molecule has 1 aromatic carbocycles. The largest absolute Gasteiger partial charge is 0.481 e. The number of benzene rings is 1. The average Bonchev–Trinajstić information content (AvgIpc) is 2.91. The first-order valence-electron chi connectivity index (χ1n) is 7.36. The third kappa shape index (κ3) is 4.07. The summed E-state index contributed by atoms with van der Waals surface area (Å²) >= 11 is 0. The standard InChI is InChI=1S/C16H20N2O4/c1-11(16(21)22)10-17-14(19)9-12-4-6-13(7-5-12)18-8-2-3-15(18)20/h4-7,11H,2-3,8-10H2,1H3,(H,17,19)(H,21,22). The van der Waals surface area contributed by atoms with Crippen molar-refractivity contribution in [2.45, 2.75) is 26.2 Å². The molecule has 118 valence electrons. The molecule has 1 saturated heterocycles. The molecular weight excluding hydrogens is 284 g/mol. The predicted molar refractivity (Wildman–Crippen MR) is 81.5 cm³/mol. The summed E-state index contributed by atoms with van der Waals surface area (Å²) in [5.41, 5.74) is 1.68. The van der Waals surface area contributed by atoms with Crippen LogP contribution in [0.5, 0.6) is 0 Å². The Hall–Kier alpha value is -2.37. The number of nitrogens with zero attached hydrogens (tertiary/aromatic N) is 1. The fourth-order valence-corrected chi connectivity index (χ4v) is 2.32.